The topological polar surface area (TPSA) is 32.6 Å². The number of rotatable bonds is 5. The molecule has 1 unspecified atom stereocenters. The second-order valence-corrected chi connectivity index (χ2v) is 6.15. The molecular weight excluding hydrogens is 266 g/mol. The summed E-state index contributed by atoms with van der Waals surface area (Å²) in [5.41, 5.74) is 3.26. The van der Waals surface area contributed by atoms with Crippen LogP contribution in [-0.4, -0.2) is 10.9 Å². The van der Waals surface area contributed by atoms with Gasteiger partial charge in [0.15, 0.2) is 0 Å². The molecule has 2 nitrogen and oxygen atoms in total. The molecule has 0 fully saturated rings. The lowest BCUT2D eigenvalue weighted by atomic mass is 10.1. The zero-order chi connectivity index (χ0) is 14.4. The van der Waals surface area contributed by atoms with Crippen molar-refractivity contribution in [1.29, 1.82) is 0 Å². The minimum absolute atomic E-state index is 0.259. The van der Waals surface area contributed by atoms with Gasteiger partial charge in [-0.25, -0.2) is 0 Å². The highest BCUT2D eigenvalue weighted by atomic mass is 32.2. The highest BCUT2D eigenvalue weighted by Gasteiger charge is 2.14. The summed E-state index contributed by atoms with van der Waals surface area (Å²) in [6.45, 7) is 3.94. The Morgan fingerprint density at radius 1 is 1.10 bits per heavy atom. The van der Waals surface area contributed by atoms with E-state index >= 15 is 0 Å². The zero-order valence-corrected chi connectivity index (χ0v) is 12.6. The van der Waals surface area contributed by atoms with Crippen LogP contribution in [0.3, 0.4) is 0 Å². The van der Waals surface area contributed by atoms with Crippen LogP contribution >= 0.6 is 11.8 Å². The number of benzene rings is 2. The monoisotopic (exact) mass is 285 g/mol. The van der Waals surface area contributed by atoms with Crippen molar-refractivity contribution in [1.82, 2.24) is 0 Å². The Morgan fingerprint density at radius 3 is 2.35 bits per heavy atom. The Hall–Kier alpha value is -1.74. The first-order valence-electron chi connectivity index (χ1n) is 6.65. The molecule has 0 aliphatic heterocycles. The molecule has 2 aromatic rings. The molecule has 1 N–H and O–H groups in total. The molecule has 2 aromatic carbocycles. The Morgan fingerprint density at radius 2 is 1.75 bits per heavy atom. The van der Waals surface area contributed by atoms with Gasteiger partial charge in [0, 0.05) is 16.6 Å². The molecule has 0 amide bonds. The quantitative estimate of drug-likeness (QED) is 0.360. The lowest BCUT2D eigenvalue weighted by molar-refractivity contribution is 0.317. The maximum atomic E-state index is 8.91. The van der Waals surface area contributed by atoms with E-state index in [2.05, 4.69) is 48.5 Å². The normalized spacial score (nSPS) is 13.2. The summed E-state index contributed by atoms with van der Waals surface area (Å²) in [5, 5.41) is 12.5. The predicted molar refractivity (Wildman–Crippen MR) is 85.7 cm³/mol. The van der Waals surface area contributed by atoms with Gasteiger partial charge in [0.25, 0.3) is 0 Å². The van der Waals surface area contributed by atoms with Crippen LogP contribution in [0.5, 0.6) is 0 Å². The first-order valence-corrected chi connectivity index (χ1v) is 7.53. The third kappa shape index (κ3) is 4.14. The Labute approximate surface area is 124 Å². The first kappa shape index (κ1) is 14.7. The average Bonchev–Trinajstić information content (AvgIpc) is 2.49. The lowest BCUT2D eigenvalue weighted by Gasteiger charge is -2.16. The molecular formula is C17H19NOS. The van der Waals surface area contributed by atoms with Crippen molar-refractivity contribution in [2.75, 3.05) is 0 Å². The van der Waals surface area contributed by atoms with Crippen molar-refractivity contribution in [2.24, 2.45) is 5.16 Å². The molecule has 20 heavy (non-hydrogen) atoms. The maximum absolute atomic E-state index is 8.91. The molecule has 0 bridgehead atoms. The smallest absolute Gasteiger partial charge is 0.0554 e. The molecule has 0 saturated heterocycles. The van der Waals surface area contributed by atoms with Gasteiger partial charge >= 0.3 is 0 Å². The van der Waals surface area contributed by atoms with Crippen LogP contribution in [-0.2, 0) is 0 Å². The summed E-state index contributed by atoms with van der Waals surface area (Å²) >= 11 is 1.80. The SMILES string of the molecule is C/C(CC(Sc1ccc(C)cc1)c1ccccc1)=N/O. The first-order chi connectivity index (χ1) is 9.69. The number of oxime groups is 1. The van der Waals surface area contributed by atoms with Gasteiger partial charge in [0.2, 0.25) is 0 Å². The largest absolute Gasteiger partial charge is 0.411 e. The van der Waals surface area contributed by atoms with E-state index in [9.17, 15) is 0 Å². The summed E-state index contributed by atoms with van der Waals surface area (Å²) in [4.78, 5) is 1.23. The molecule has 104 valence electrons. The number of thioether (sulfide) groups is 1. The molecule has 0 aromatic heterocycles. The van der Waals surface area contributed by atoms with Gasteiger partial charge in [-0.1, -0.05) is 53.2 Å². The number of nitrogens with zero attached hydrogens (tertiary/aromatic N) is 1. The second kappa shape index (κ2) is 7.15. The standard InChI is InChI=1S/C17H19NOS/c1-13-8-10-16(11-9-13)20-17(12-14(2)18-19)15-6-4-3-5-7-15/h3-11,17,19H,12H2,1-2H3/b18-14-. The van der Waals surface area contributed by atoms with Crippen LogP contribution in [0.25, 0.3) is 0 Å². The van der Waals surface area contributed by atoms with E-state index in [4.69, 9.17) is 5.21 Å². The van der Waals surface area contributed by atoms with Crippen LogP contribution in [0.1, 0.15) is 29.7 Å². The molecule has 0 heterocycles. The molecule has 0 radical (unpaired) electrons. The fourth-order valence-electron chi connectivity index (χ4n) is 1.99. The van der Waals surface area contributed by atoms with E-state index in [1.165, 1.54) is 16.0 Å². The lowest BCUT2D eigenvalue weighted by Crippen LogP contribution is -2.01. The predicted octanol–water partition coefficient (Wildman–Crippen LogP) is 5.07. The summed E-state index contributed by atoms with van der Waals surface area (Å²) in [7, 11) is 0. The van der Waals surface area contributed by atoms with Crippen molar-refractivity contribution in [2.45, 2.75) is 30.4 Å². The van der Waals surface area contributed by atoms with E-state index in [0.717, 1.165) is 12.1 Å². The van der Waals surface area contributed by atoms with Gasteiger partial charge in [-0.2, -0.15) is 0 Å². The van der Waals surface area contributed by atoms with E-state index in [1.807, 2.05) is 25.1 Å². The molecule has 2 rings (SSSR count). The Kier molecular flexibility index (Phi) is 5.24. The third-order valence-corrected chi connectivity index (χ3v) is 4.39. The van der Waals surface area contributed by atoms with Crippen LogP contribution in [0.4, 0.5) is 0 Å². The van der Waals surface area contributed by atoms with Crippen molar-refractivity contribution in [3.05, 3.63) is 65.7 Å². The Bertz CT molecular complexity index is 563. The molecule has 1 atom stereocenters. The van der Waals surface area contributed by atoms with Crippen LogP contribution < -0.4 is 0 Å². The van der Waals surface area contributed by atoms with Crippen LogP contribution in [0, 0.1) is 6.92 Å². The zero-order valence-electron chi connectivity index (χ0n) is 11.8. The number of hydrogen-bond donors (Lipinski definition) is 1. The van der Waals surface area contributed by atoms with E-state index in [0.29, 0.717) is 0 Å². The van der Waals surface area contributed by atoms with Gasteiger partial charge in [0.05, 0.1) is 5.71 Å². The second-order valence-electron chi connectivity index (χ2n) is 4.87. The van der Waals surface area contributed by atoms with E-state index < -0.39 is 0 Å². The summed E-state index contributed by atoms with van der Waals surface area (Å²) in [6, 6.07) is 18.9. The fourth-order valence-corrected chi connectivity index (χ4v) is 3.22. The average molecular weight is 285 g/mol. The fraction of sp³-hybridized carbons (Fsp3) is 0.235. The Balaban J connectivity index is 2.20. The van der Waals surface area contributed by atoms with Gasteiger partial charge in [-0.05, 0) is 31.5 Å². The van der Waals surface area contributed by atoms with Crippen molar-refractivity contribution in [3.63, 3.8) is 0 Å². The summed E-state index contributed by atoms with van der Waals surface area (Å²) < 4.78 is 0. The van der Waals surface area contributed by atoms with Crippen molar-refractivity contribution >= 4 is 17.5 Å². The minimum Gasteiger partial charge on any atom is -0.411 e. The number of hydrogen-bond acceptors (Lipinski definition) is 3. The van der Waals surface area contributed by atoms with Crippen LogP contribution in [0.2, 0.25) is 0 Å². The van der Waals surface area contributed by atoms with Gasteiger partial charge in [-0.3, -0.25) is 0 Å². The van der Waals surface area contributed by atoms with Gasteiger partial charge in [-0.15, -0.1) is 11.8 Å². The van der Waals surface area contributed by atoms with Crippen molar-refractivity contribution < 1.29 is 5.21 Å². The molecule has 0 saturated carbocycles. The molecule has 0 spiro atoms. The van der Waals surface area contributed by atoms with Crippen LogP contribution in [0.15, 0.2) is 64.6 Å². The van der Waals surface area contributed by atoms with Crippen molar-refractivity contribution in [3.8, 4) is 0 Å². The highest BCUT2D eigenvalue weighted by Crippen LogP contribution is 2.38. The highest BCUT2D eigenvalue weighted by molar-refractivity contribution is 7.99. The summed E-state index contributed by atoms with van der Waals surface area (Å²) in [6.07, 6.45) is 0.735. The minimum atomic E-state index is 0.259. The van der Waals surface area contributed by atoms with Gasteiger partial charge in [0.1, 0.15) is 0 Å². The summed E-state index contributed by atoms with van der Waals surface area (Å²) in [5.74, 6) is 0. The van der Waals surface area contributed by atoms with E-state index in [-0.39, 0.29) is 5.25 Å². The molecule has 3 heteroatoms. The number of aryl methyl sites for hydroxylation is 1. The molecule has 0 aliphatic rings. The van der Waals surface area contributed by atoms with E-state index in [1.54, 1.807) is 11.8 Å². The molecule has 0 aliphatic carbocycles. The third-order valence-electron chi connectivity index (χ3n) is 3.12. The van der Waals surface area contributed by atoms with Gasteiger partial charge < -0.3 is 5.21 Å². The maximum Gasteiger partial charge on any atom is 0.0554 e.